The van der Waals surface area contributed by atoms with E-state index in [2.05, 4.69) is 15.2 Å². The Labute approximate surface area is 175 Å². The molecular formula is C22H21N3O4S. The number of sulfonamides is 1. The van der Waals surface area contributed by atoms with E-state index in [0.717, 1.165) is 5.56 Å². The highest BCUT2D eigenvalue weighted by Gasteiger charge is 2.17. The van der Waals surface area contributed by atoms with Gasteiger partial charge in [-0.2, -0.15) is 0 Å². The van der Waals surface area contributed by atoms with Crippen LogP contribution in [0.1, 0.15) is 18.1 Å². The molecule has 0 aliphatic carbocycles. The predicted octanol–water partition coefficient (Wildman–Crippen LogP) is 4.77. The third-order valence-corrected chi connectivity index (χ3v) is 5.56. The zero-order chi connectivity index (χ0) is 21.6. The van der Waals surface area contributed by atoms with E-state index in [1.54, 1.807) is 67.6 Å². The number of carbonyl (C=O) groups is 1. The number of aryl methyl sites for hydroxylation is 1. The molecule has 1 amide bonds. The maximum absolute atomic E-state index is 12.7. The Bertz CT molecular complexity index is 1160. The average molecular weight is 423 g/mol. The minimum absolute atomic E-state index is 0.149. The van der Waals surface area contributed by atoms with Crippen LogP contribution in [0.3, 0.4) is 0 Å². The molecule has 0 saturated heterocycles. The molecule has 30 heavy (non-hydrogen) atoms. The normalized spacial score (nSPS) is 11.6. The smallest absolute Gasteiger partial charge is 0.298 e. The SMILES string of the molecule is C/C(=N/OC(=O)Nc1ccccc1)c1ccccc1NS(=O)(=O)c1ccc(C)cc1. The van der Waals surface area contributed by atoms with E-state index in [1.807, 2.05) is 13.0 Å². The van der Waals surface area contributed by atoms with Gasteiger partial charge in [-0.1, -0.05) is 59.3 Å². The zero-order valence-corrected chi connectivity index (χ0v) is 17.3. The van der Waals surface area contributed by atoms with Crippen LogP contribution in [-0.4, -0.2) is 20.2 Å². The Morgan fingerprint density at radius 3 is 2.23 bits per heavy atom. The number of nitrogens with one attached hydrogen (secondary N) is 2. The summed E-state index contributed by atoms with van der Waals surface area (Å²) in [6, 6.07) is 22.1. The number of para-hydroxylation sites is 2. The average Bonchev–Trinajstić information content (AvgIpc) is 2.73. The number of amides is 1. The van der Waals surface area contributed by atoms with Crippen molar-refractivity contribution >= 4 is 33.2 Å². The second-order valence-electron chi connectivity index (χ2n) is 6.51. The van der Waals surface area contributed by atoms with Crippen molar-refractivity contribution in [3.8, 4) is 0 Å². The van der Waals surface area contributed by atoms with Gasteiger partial charge in [0.05, 0.1) is 16.3 Å². The van der Waals surface area contributed by atoms with Crippen molar-refractivity contribution in [2.75, 3.05) is 10.0 Å². The lowest BCUT2D eigenvalue weighted by molar-refractivity contribution is 0.166. The number of hydrogen-bond donors (Lipinski definition) is 2. The van der Waals surface area contributed by atoms with Gasteiger partial charge in [-0.25, -0.2) is 13.2 Å². The summed E-state index contributed by atoms with van der Waals surface area (Å²) in [5.41, 5.74) is 2.68. The number of benzene rings is 3. The van der Waals surface area contributed by atoms with E-state index in [9.17, 15) is 13.2 Å². The molecule has 0 fully saturated rings. The third-order valence-electron chi connectivity index (χ3n) is 4.18. The first-order valence-corrected chi connectivity index (χ1v) is 10.6. The van der Waals surface area contributed by atoms with E-state index in [-0.39, 0.29) is 4.90 Å². The van der Waals surface area contributed by atoms with E-state index in [4.69, 9.17) is 4.84 Å². The number of hydrogen-bond acceptors (Lipinski definition) is 5. The number of anilines is 2. The van der Waals surface area contributed by atoms with Gasteiger partial charge < -0.3 is 0 Å². The van der Waals surface area contributed by atoms with E-state index in [0.29, 0.717) is 22.6 Å². The van der Waals surface area contributed by atoms with Crippen molar-refractivity contribution in [2.24, 2.45) is 5.16 Å². The van der Waals surface area contributed by atoms with Crippen LogP contribution in [0, 0.1) is 6.92 Å². The molecule has 2 N–H and O–H groups in total. The minimum Gasteiger partial charge on any atom is -0.298 e. The number of carbonyl (C=O) groups excluding carboxylic acids is 1. The fourth-order valence-electron chi connectivity index (χ4n) is 2.63. The van der Waals surface area contributed by atoms with Crippen LogP contribution < -0.4 is 10.0 Å². The number of oxime groups is 1. The van der Waals surface area contributed by atoms with Gasteiger partial charge in [-0.3, -0.25) is 14.9 Å². The highest BCUT2D eigenvalue weighted by Crippen LogP contribution is 2.21. The molecule has 8 heteroatoms. The first kappa shape index (κ1) is 21.1. The Hall–Kier alpha value is -3.65. The summed E-state index contributed by atoms with van der Waals surface area (Å²) >= 11 is 0. The van der Waals surface area contributed by atoms with E-state index >= 15 is 0 Å². The molecule has 3 rings (SSSR count). The van der Waals surface area contributed by atoms with Crippen LogP contribution in [0.4, 0.5) is 16.2 Å². The van der Waals surface area contributed by atoms with Gasteiger partial charge in [0.25, 0.3) is 10.0 Å². The van der Waals surface area contributed by atoms with Crippen LogP contribution in [0.2, 0.25) is 0 Å². The molecule has 0 atom stereocenters. The van der Waals surface area contributed by atoms with Gasteiger partial charge in [-0.05, 0) is 44.2 Å². The monoisotopic (exact) mass is 423 g/mol. The van der Waals surface area contributed by atoms with Gasteiger partial charge in [-0.15, -0.1) is 0 Å². The molecule has 154 valence electrons. The lowest BCUT2D eigenvalue weighted by atomic mass is 10.1. The Morgan fingerprint density at radius 1 is 0.900 bits per heavy atom. The van der Waals surface area contributed by atoms with Crippen LogP contribution in [0.25, 0.3) is 0 Å². The van der Waals surface area contributed by atoms with Gasteiger partial charge in [0.15, 0.2) is 0 Å². The molecule has 0 spiro atoms. The molecule has 0 aromatic heterocycles. The van der Waals surface area contributed by atoms with E-state index < -0.39 is 16.1 Å². The topological polar surface area (TPSA) is 96.9 Å². The molecule has 7 nitrogen and oxygen atoms in total. The fourth-order valence-corrected chi connectivity index (χ4v) is 3.71. The quantitative estimate of drug-likeness (QED) is 0.339. The minimum atomic E-state index is -3.78. The standard InChI is InChI=1S/C22H21N3O4S/c1-16-12-14-19(15-13-16)30(27,28)25-21-11-7-6-10-20(21)17(2)24-29-22(26)23-18-8-4-3-5-9-18/h3-15,25H,1-2H3,(H,23,26)/b24-17-. The zero-order valence-electron chi connectivity index (χ0n) is 16.5. The van der Waals surface area contributed by atoms with Gasteiger partial charge >= 0.3 is 6.09 Å². The number of nitrogens with zero attached hydrogens (tertiary/aromatic N) is 1. The summed E-state index contributed by atoms with van der Waals surface area (Å²) in [4.78, 5) is 17.0. The van der Waals surface area contributed by atoms with Gasteiger partial charge in [0.1, 0.15) is 0 Å². The van der Waals surface area contributed by atoms with Crippen LogP contribution >= 0.6 is 0 Å². The molecule has 0 bridgehead atoms. The van der Waals surface area contributed by atoms with Crippen molar-refractivity contribution < 1.29 is 18.0 Å². The summed E-state index contributed by atoms with van der Waals surface area (Å²) in [6.45, 7) is 3.50. The molecule has 3 aromatic carbocycles. The molecular weight excluding hydrogens is 402 g/mol. The first-order chi connectivity index (χ1) is 14.3. The van der Waals surface area contributed by atoms with Gasteiger partial charge in [0.2, 0.25) is 0 Å². The maximum atomic E-state index is 12.7. The van der Waals surface area contributed by atoms with Crippen LogP contribution in [-0.2, 0) is 14.9 Å². The van der Waals surface area contributed by atoms with Crippen molar-refractivity contribution in [2.45, 2.75) is 18.7 Å². The Balaban J connectivity index is 1.76. The van der Waals surface area contributed by atoms with Crippen molar-refractivity contribution in [3.63, 3.8) is 0 Å². The lowest BCUT2D eigenvalue weighted by Gasteiger charge is -2.12. The predicted molar refractivity (Wildman–Crippen MR) is 117 cm³/mol. The summed E-state index contributed by atoms with van der Waals surface area (Å²) in [5.74, 6) is 0. The Morgan fingerprint density at radius 2 is 1.53 bits per heavy atom. The highest BCUT2D eigenvalue weighted by molar-refractivity contribution is 7.92. The van der Waals surface area contributed by atoms with Crippen LogP contribution in [0.15, 0.2) is 88.9 Å². The summed E-state index contributed by atoms with van der Waals surface area (Å²) in [7, 11) is -3.78. The molecule has 0 unspecified atom stereocenters. The van der Waals surface area contributed by atoms with Gasteiger partial charge in [0, 0.05) is 11.3 Å². The third kappa shape index (κ3) is 5.45. The lowest BCUT2D eigenvalue weighted by Crippen LogP contribution is -2.16. The molecule has 0 radical (unpaired) electrons. The van der Waals surface area contributed by atoms with Crippen molar-refractivity contribution in [1.82, 2.24) is 0 Å². The summed E-state index contributed by atoms with van der Waals surface area (Å²) in [5, 5.41) is 6.38. The second-order valence-corrected chi connectivity index (χ2v) is 8.19. The fraction of sp³-hybridized carbons (Fsp3) is 0.0909. The highest BCUT2D eigenvalue weighted by atomic mass is 32.2. The molecule has 3 aromatic rings. The van der Waals surface area contributed by atoms with Crippen LogP contribution in [0.5, 0.6) is 0 Å². The molecule has 0 aliphatic rings. The largest absolute Gasteiger partial charge is 0.437 e. The van der Waals surface area contributed by atoms with Crippen molar-refractivity contribution in [1.29, 1.82) is 0 Å². The summed E-state index contributed by atoms with van der Waals surface area (Å²) in [6.07, 6.45) is -0.752. The Kier molecular flexibility index (Phi) is 6.48. The van der Waals surface area contributed by atoms with Crippen molar-refractivity contribution in [3.05, 3.63) is 90.0 Å². The summed E-state index contributed by atoms with van der Waals surface area (Å²) < 4.78 is 28.0. The van der Waals surface area contributed by atoms with E-state index in [1.165, 1.54) is 12.1 Å². The second kappa shape index (κ2) is 9.23. The first-order valence-electron chi connectivity index (χ1n) is 9.12. The molecule has 0 saturated carbocycles. The molecule has 0 aliphatic heterocycles. The molecule has 0 heterocycles. The number of rotatable bonds is 6. The maximum Gasteiger partial charge on any atom is 0.437 e.